The summed E-state index contributed by atoms with van der Waals surface area (Å²) in [5.74, 6) is 1.59. The van der Waals surface area contributed by atoms with Crippen LogP contribution in [0.25, 0.3) is 28.3 Å². The third-order valence-corrected chi connectivity index (χ3v) is 6.37. The first-order chi connectivity index (χ1) is 18.5. The predicted octanol–water partition coefficient (Wildman–Crippen LogP) is 6.49. The first kappa shape index (κ1) is 27.1. The van der Waals surface area contributed by atoms with Gasteiger partial charge in [0.05, 0.1) is 24.2 Å². The van der Waals surface area contributed by atoms with E-state index in [1.54, 1.807) is 35.1 Å². The molecule has 196 valence electrons. The van der Waals surface area contributed by atoms with Gasteiger partial charge in [-0.2, -0.15) is 0 Å². The van der Waals surface area contributed by atoms with Crippen LogP contribution < -0.4 is 10.9 Å². The highest BCUT2D eigenvalue weighted by molar-refractivity contribution is 6.30. The number of aldehydes is 1. The molecule has 0 unspecified atom stereocenters. The zero-order valence-electron chi connectivity index (χ0n) is 21.6. The van der Waals surface area contributed by atoms with E-state index in [4.69, 9.17) is 21.0 Å². The summed E-state index contributed by atoms with van der Waals surface area (Å²) in [7, 11) is 1.89. The Morgan fingerprint density at radius 1 is 1.03 bits per heavy atom. The van der Waals surface area contributed by atoms with E-state index in [0.717, 1.165) is 66.9 Å². The number of hydrogen-bond acceptors (Lipinski definition) is 5. The number of imidazole rings is 1. The number of nitrogens with one attached hydrogen (secondary N) is 1. The fraction of sp³-hybridized carbons (Fsp3) is 0.233. The summed E-state index contributed by atoms with van der Waals surface area (Å²) in [5.41, 5.74) is 3.77. The molecule has 0 bridgehead atoms. The molecule has 5 rings (SSSR count). The molecule has 38 heavy (non-hydrogen) atoms. The minimum Gasteiger partial charge on any atom is -0.468 e. The Labute approximate surface area is 226 Å². The van der Waals surface area contributed by atoms with Crippen LogP contribution in [0.4, 0.5) is 0 Å². The zero-order chi connectivity index (χ0) is 26.9. The summed E-state index contributed by atoms with van der Waals surface area (Å²) in [4.78, 5) is 28.7. The van der Waals surface area contributed by atoms with Crippen molar-refractivity contribution in [1.29, 1.82) is 0 Å². The Kier molecular flexibility index (Phi) is 9.30. The molecule has 0 aliphatic carbocycles. The number of carbonyl (C=O) groups is 1. The van der Waals surface area contributed by atoms with Crippen LogP contribution >= 0.6 is 11.6 Å². The quantitative estimate of drug-likeness (QED) is 0.174. The minimum absolute atomic E-state index is 0.140. The zero-order valence-corrected chi connectivity index (χ0v) is 22.3. The number of aromatic nitrogens is 3. The molecule has 7 nitrogen and oxygen atoms in total. The van der Waals surface area contributed by atoms with Crippen molar-refractivity contribution >= 4 is 23.7 Å². The van der Waals surface area contributed by atoms with Crippen molar-refractivity contribution < 1.29 is 9.21 Å². The van der Waals surface area contributed by atoms with Gasteiger partial charge in [0.25, 0.3) is 5.56 Å². The highest BCUT2D eigenvalue weighted by Crippen LogP contribution is 2.25. The van der Waals surface area contributed by atoms with Gasteiger partial charge in [0.1, 0.15) is 12.0 Å². The average molecular weight is 531 g/mol. The number of carbonyl (C=O) groups excluding carboxylic acids is 1. The molecule has 0 atom stereocenters. The van der Waals surface area contributed by atoms with Gasteiger partial charge >= 0.3 is 0 Å². The van der Waals surface area contributed by atoms with Crippen molar-refractivity contribution in [1.82, 2.24) is 19.3 Å². The van der Waals surface area contributed by atoms with E-state index < -0.39 is 0 Å². The number of nitrogens with zero attached hydrogens (tertiary/aromatic N) is 3. The molecule has 2 aromatic carbocycles. The second-order valence-electron chi connectivity index (χ2n) is 8.88. The van der Waals surface area contributed by atoms with Crippen LogP contribution in [0.3, 0.4) is 0 Å². The summed E-state index contributed by atoms with van der Waals surface area (Å²) < 4.78 is 8.70. The molecule has 0 saturated carbocycles. The lowest BCUT2D eigenvalue weighted by molar-refractivity contribution is 0.112. The number of halogens is 1. The molecular formula is C30H31ClN4O3. The monoisotopic (exact) mass is 530 g/mol. The van der Waals surface area contributed by atoms with Gasteiger partial charge < -0.3 is 14.3 Å². The fourth-order valence-electron chi connectivity index (χ4n) is 4.15. The van der Waals surface area contributed by atoms with Crippen LogP contribution in [0, 0.1) is 0 Å². The highest BCUT2D eigenvalue weighted by Gasteiger charge is 2.15. The van der Waals surface area contributed by atoms with Gasteiger partial charge in [-0.25, -0.2) is 4.98 Å². The second-order valence-corrected chi connectivity index (χ2v) is 9.32. The standard InChI is InChI=1S/C24H22ClN3O2.C6H9NO/c1-2-3-4-13-27-22(19-7-5-17(16-29)6-8-19)14-23(30)28-15-21(26-24(27)28)18-9-11-20(25)12-10-18;1-7-5-6-3-2-4-8-6/h5-12,14-16H,2-4,13H2,1H3;2-4,7H,5H2,1H3. The number of hydrogen-bond donors (Lipinski definition) is 1. The lowest BCUT2D eigenvalue weighted by atomic mass is 10.1. The number of unbranched alkanes of at least 4 members (excludes halogenated alkanes) is 2. The molecule has 0 radical (unpaired) electrons. The van der Waals surface area contributed by atoms with Crippen molar-refractivity contribution in [3.8, 4) is 22.5 Å². The lowest BCUT2D eigenvalue weighted by Gasteiger charge is -2.15. The van der Waals surface area contributed by atoms with Crippen LogP contribution in [0.15, 0.2) is 88.4 Å². The Bertz CT molecular complexity index is 1520. The van der Waals surface area contributed by atoms with E-state index in [0.29, 0.717) is 16.4 Å². The van der Waals surface area contributed by atoms with Crippen LogP contribution in [-0.4, -0.2) is 27.3 Å². The summed E-state index contributed by atoms with van der Waals surface area (Å²) >= 11 is 6.01. The third kappa shape index (κ3) is 6.49. The number of furan rings is 1. The topological polar surface area (TPSA) is 81.5 Å². The fourth-order valence-corrected chi connectivity index (χ4v) is 4.28. The Morgan fingerprint density at radius 3 is 2.39 bits per heavy atom. The molecule has 0 amide bonds. The summed E-state index contributed by atoms with van der Waals surface area (Å²) in [6.45, 7) is 3.72. The van der Waals surface area contributed by atoms with E-state index in [1.807, 2.05) is 55.6 Å². The Hall–Kier alpha value is -3.94. The normalized spacial score (nSPS) is 10.8. The molecule has 3 aromatic heterocycles. The van der Waals surface area contributed by atoms with Crippen molar-refractivity contribution in [2.45, 2.75) is 39.3 Å². The molecule has 0 fully saturated rings. The molecule has 0 saturated heterocycles. The van der Waals surface area contributed by atoms with E-state index in [-0.39, 0.29) is 5.56 Å². The molecule has 3 heterocycles. The number of aryl methyl sites for hydroxylation is 1. The molecule has 8 heteroatoms. The van der Waals surface area contributed by atoms with Gasteiger partial charge in [0, 0.05) is 35.0 Å². The van der Waals surface area contributed by atoms with E-state index in [9.17, 15) is 9.59 Å². The molecule has 1 N–H and O–H groups in total. The highest BCUT2D eigenvalue weighted by atomic mass is 35.5. The molecule has 5 aromatic rings. The number of fused-ring (bicyclic) bond motifs is 1. The van der Waals surface area contributed by atoms with Gasteiger partial charge in [-0.3, -0.25) is 14.0 Å². The van der Waals surface area contributed by atoms with E-state index in [1.165, 1.54) is 0 Å². The SMILES string of the molecule is CCCCCn1c(-c2ccc(C=O)cc2)cc(=O)n2cc(-c3ccc(Cl)cc3)nc12.CNCc1ccco1. The predicted molar refractivity (Wildman–Crippen MR) is 152 cm³/mol. The largest absolute Gasteiger partial charge is 0.468 e. The molecule has 0 aliphatic heterocycles. The average Bonchev–Trinajstić information content (AvgIpc) is 3.62. The van der Waals surface area contributed by atoms with Crippen LogP contribution in [0.1, 0.15) is 42.3 Å². The summed E-state index contributed by atoms with van der Waals surface area (Å²) in [6.07, 6.45) is 7.44. The Balaban J connectivity index is 0.000000360. The van der Waals surface area contributed by atoms with Crippen molar-refractivity contribution in [3.63, 3.8) is 0 Å². The Morgan fingerprint density at radius 2 is 1.76 bits per heavy atom. The van der Waals surface area contributed by atoms with Gasteiger partial charge in [-0.15, -0.1) is 0 Å². The van der Waals surface area contributed by atoms with Gasteiger partial charge in [0.2, 0.25) is 5.78 Å². The van der Waals surface area contributed by atoms with Crippen molar-refractivity contribution in [3.05, 3.63) is 106 Å². The smallest absolute Gasteiger partial charge is 0.259 e. The van der Waals surface area contributed by atoms with Crippen LogP contribution in [0.5, 0.6) is 0 Å². The first-order valence-corrected chi connectivity index (χ1v) is 13.0. The number of rotatable bonds is 9. The van der Waals surface area contributed by atoms with Gasteiger partial charge in [0.15, 0.2) is 0 Å². The van der Waals surface area contributed by atoms with Crippen LogP contribution in [-0.2, 0) is 13.1 Å². The lowest BCUT2D eigenvalue weighted by Crippen LogP contribution is -2.18. The van der Waals surface area contributed by atoms with Gasteiger partial charge in [-0.05, 0) is 43.3 Å². The summed E-state index contributed by atoms with van der Waals surface area (Å²) in [5, 5.41) is 3.63. The molecule has 0 spiro atoms. The molecular weight excluding hydrogens is 500 g/mol. The maximum Gasteiger partial charge on any atom is 0.259 e. The van der Waals surface area contributed by atoms with E-state index in [2.05, 4.69) is 16.8 Å². The number of benzene rings is 2. The van der Waals surface area contributed by atoms with Crippen molar-refractivity contribution in [2.75, 3.05) is 7.05 Å². The van der Waals surface area contributed by atoms with Crippen molar-refractivity contribution in [2.24, 2.45) is 0 Å². The molecule has 0 aliphatic rings. The van der Waals surface area contributed by atoms with Gasteiger partial charge in [-0.1, -0.05) is 67.8 Å². The second kappa shape index (κ2) is 13.0. The minimum atomic E-state index is -0.140. The third-order valence-electron chi connectivity index (χ3n) is 6.12. The van der Waals surface area contributed by atoms with E-state index >= 15 is 0 Å². The summed E-state index contributed by atoms with van der Waals surface area (Å²) in [6, 6.07) is 20.1. The first-order valence-electron chi connectivity index (χ1n) is 12.7. The maximum atomic E-state index is 12.9. The van der Waals surface area contributed by atoms with Crippen LogP contribution in [0.2, 0.25) is 5.02 Å². The maximum absolute atomic E-state index is 12.9.